The van der Waals surface area contributed by atoms with E-state index in [1.807, 2.05) is 0 Å². The first-order chi connectivity index (χ1) is 9.08. The van der Waals surface area contributed by atoms with E-state index in [0.29, 0.717) is 5.75 Å². The van der Waals surface area contributed by atoms with Crippen molar-refractivity contribution in [3.8, 4) is 11.6 Å². The Morgan fingerprint density at radius 3 is 2.58 bits per heavy atom. The maximum Gasteiger partial charge on any atom is 0.278 e. The maximum absolute atomic E-state index is 10.7. The van der Waals surface area contributed by atoms with Gasteiger partial charge in [0.1, 0.15) is 11.6 Å². The number of anilines is 1. The number of pyridine rings is 1. The lowest BCUT2D eigenvalue weighted by Gasteiger charge is -2.06. The van der Waals surface area contributed by atoms with Gasteiger partial charge >= 0.3 is 0 Å². The molecule has 98 valence electrons. The Hall–Kier alpha value is -2.67. The van der Waals surface area contributed by atoms with Gasteiger partial charge in [-0.3, -0.25) is 10.1 Å². The molecule has 3 N–H and O–H groups in total. The highest BCUT2D eigenvalue weighted by Crippen LogP contribution is 2.25. The van der Waals surface area contributed by atoms with E-state index in [0.717, 1.165) is 11.6 Å². The molecule has 0 bridgehead atoms. The molecule has 19 heavy (non-hydrogen) atoms. The van der Waals surface area contributed by atoms with Crippen LogP contribution in [0.15, 0.2) is 36.4 Å². The van der Waals surface area contributed by atoms with Crippen LogP contribution in [0.5, 0.6) is 11.6 Å². The zero-order valence-corrected chi connectivity index (χ0v) is 9.81. The minimum atomic E-state index is -0.570. The Bertz CT molecular complexity index is 598. The van der Waals surface area contributed by atoms with Crippen molar-refractivity contribution < 1.29 is 14.8 Å². The van der Waals surface area contributed by atoms with E-state index in [-0.39, 0.29) is 24.0 Å². The summed E-state index contributed by atoms with van der Waals surface area (Å²) < 4.78 is 5.37. The van der Waals surface area contributed by atoms with Crippen LogP contribution >= 0.6 is 0 Å². The molecule has 0 fully saturated rings. The molecule has 0 atom stereocenters. The lowest BCUT2D eigenvalue weighted by Crippen LogP contribution is -1.97. The zero-order valence-electron chi connectivity index (χ0n) is 9.81. The summed E-state index contributed by atoms with van der Waals surface area (Å²) in [7, 11) is 0. The van der Waals surface area contributed by atoms with Crippen molar-refractivity contribution in [2.24, 2.45) is 0 Å². The van der Waals surface area contributed by atoms with Crippen LogP contribution in [0.25, 0.3) is 0 Å². The summed E-state index contributed by atoms with van der Waals surface area (Å²) in [4.78, 5) is 14.0. The number of aliphatic hydroxyl groups is 1. The van der Waals surface area contributed by atoms with E-state index < -0.39 is 4.92 Å². The molecular formula is C12H11N3O4. The number of nitrogen functional groups attached to an aromatic ring is 1. The molecule has 0 saturated heterocycles. The first-order valence-electron chi connectivity index (χ1n) is 5.38. The number of aliphatic hydroxyl groups excluding tert-OH is 1. The van der Waals surface area contributed by atoms with Crippen LogP contribution in [-0.4, -0.2) is 15.0 Å². The Morgan fingerprint density at radius 1 is 1.32 bits per heavy atom. The number of nitro groups is 1. The maximum atomic E-state index is 10.7. The summed E-state index contributed by atoms with van der Waals surface area (Å²) in [5.74, 6) is 0.504. The van der Waals surface area contributed by atoms with Gasteiger partial charge in [-0.25, -0.2) is 0 Å². The molecule has 0 saturated carbocycles. The number of nitrogens with zero attached hydrogens (tertiary/aromatic N) is 2. The second-order valence-electron chi connectivity index (χ2n) is 3.75. The van der Waals surface area contributed by atoms with Gasteiger partial charge in [-0.2, -0.15) is 4.98 Å². The van der Waals surface area contributed by atoms with Gasteiger partial charge < -0.3 is 15.6 Å². The highest BCUT2D eigenvalue weighted by molar-refractivity contribution is 5.46. The van der Waals surface area contributed by atoms with Gasteiger partial charge in [0.15, 0.2) is 0 Å². The Morgan fingerprint density at radius 2 is 2.00 bits per heavy atom. The Balaban J connectivity index is 2.24. The fourth-order valence-corrected chi connectivity index (χ4v) is 1.45. The second-order valence-corrected chi connectivity index (χ2v) is 3.75. The number of nitrogens with two attached hydrogens (primary N) is 1. The van der Waals surface area contributed by atoms with E-state index in [9.17, 15) is 10.1 Å². The van der Waals surface area contributed by atoms with Gasteiger partial charge in [-0.05, 0) is 17.7 Å². The molecule has 0 spiro atoms. The minimum Gasteiger partial charge on any atom is -0.439 e. The minimum absolute atomic E-state index is 0.0104. The van der Waals surface area contributed by atoms with Crippen molar-refractivity contribution in [1.82, 2.24) is 4.98 Å². The summed E-state index contributed by atoms with van der Waals surface area (Å²) in [6.07, 6.45) is 0. The quantitative estimate of drug-likeness (QED) is 0.641. The summed E-state index contributed by atoms with van der Waals surface area (Å²) in [5, 5.41) is 19.6. The molecule has 2 rings (SSSR count). The number of ether oxygens (including phenoxy) is 1. The molecule has 1 aromatic carbocycles. The molecule has 7 nitrogen and oxygen atoms in total. The number of benzene rings is 1. The predicted octanol–water partition coefficient (Wildman–Crippen LogP) is 1.86. The fourth-order valence-electron chi connectivity index (χ4n) is 1.45. The second kappa shape index (κ2) is 5.32. The molecule has 0 radical (unpaired) electrons. The molecular weight excluding hydrogens is 250 g/mol. The number of aromatic nitrogens is 1. The Kier molecular flexibility index (Phi) is 3.58. The lowest BCUT2D eigenvalue weighted by atomic mass is 10.2. The van der Waals surface area contributed by atoms with Gasteiger partial charge in [0.05, 0.1) is 23.7 Å². The zero-order chi connectivity index (χ0) is 13.8. The molecule has 0 amide bonds. The first kappa shape index (κ1) is 12.8. The van der Waals surface area contributed by atoms with Crippen LogP contribution in [0.1, 0.15) is 5.56 Å². The number of hydrogen-bond donors (Lipinski definition) is 2. The summed E-state index contributed by atoms with van der Waals surface area (Å²) in [6, 6.07) is 8.95. The highest BCUT2D eigenvalue weighted by Gasteiger charge is 2.11. The summed E-state index contributed by atoms with van der Waals surface area (Å²) >= 11 is 0. The van der Waals surface area contributed by atoms with Crippen LogP contribution in [0.3, 0.4) is 0 Å². The molecule has 0 unspecified atom stereocenters. The van der Waals surface area contributed by atoms with Crippen molar-refractivity contribution in [1.29, 1.82) is 0 Å². The highest BCUT2D eigenvalue weighted by atomic mass is 16.6. The van der Waals surface area contributed by atoms with E-state index >= 15 is 0 Å². The van der Waals surface area contributed by atoms with Crippen molar-refractivity contribution in [3.63, 3.8) is 0 Å². The monoisotopic (exact) mass is 261 g/mol. The average Bonchev–Trinajstić information content (AvgIpc) is 2.39. The molecule has 2 aromatic rings. The van der Waals surface area contributed by atoms with Gasteiger partial charge in [0.2, 0.25) is 5.88 Å². The van der Waals surface area contributed by atoms with Crippen molar-refractivity contribution in [2.75, 3.05) is 5.73 Å². The normalized spacial score (nSPS) is 10.2. The third-order valence-electron chi connectivity index (χ3n) is 2.35. The van der Waals surface area contributed by atoms with E-state index in [1.165, 1.54) is 6.07 Å². The van der Waals surface area contributed by atoms with Gasteiger partial charge in [-0.15, -0.1) is 0 Å². The van der Waals surface area contributed by atoms with Crippen molar-refractivity contribution in [2.45, 2.75) is 6.61 Å². The summed E-state index contributed by atoms with van der Waals surface area (Å²) in [6.45, 7) is -0.0672. The number of hydrogen-bond acceptors (Lipinski definition) is 6. The molecule has 0 aliphatic carbocycles. The van der Waals surface area contributed by atoms with Crippen LogP contribution in [0.2, 0.25) is 0 Å². The molecule has 1 aromatic heterocycles. The van der Waals surface area contributed by atoms with Gasteiger partial charge in [-0.1, -0.05) is 12.1 Å². The van der Waals surface area contributed by atoms with E-state index in [2.05, 4.69) is 4.98 Å². The topological polar surface area (TPSA) is 112 Å². The standard InChI is InChI=1S/C12H11N3O4/c13-11-5-9(15(17)18)6-12(14-11)19-10-3-1-8(7-16)2-4-10/h1-6,16H,7H2,(H2,13,14). The predicted molar refractivity (Wildman–Crippen MR) is 67.7 cm³/mol. The fraction of sp³-hybridized carbons (Fsp3) is 0.0833. The van der Waals surface area contributed by atoms with Crippen LogP contribution in [-0.2, 0) is 6.61 Å². The lowest BCUT2D eigenvalue weighted by molar-refractivity contribution is -0.384. The summed E-state index contributed by atoms with van der Waals surface area (Å²) in [5.41, 5.74) is 6.02. The largest absolute Gasteiger partial charge is 0.439 e. The molecule has 0 aliphatic heterocycles. The molecule has 7 heteroatoms. The van der Waals surface area contributed by atoms with Crippen LogP contribution in [0, 0.1) is 10.1 Å². The Labute approximate surface area is 108 Å². The molecule has 0 aliphatic rings. The number of rotatable bonds is 4. The van der Waals surface area contributed by atoms with Crippen LogP contribution < -0.4 is 10.5 Å². The van der Waals surface area contributed by atoms with E-state index in [1.54, 1.807) is 24.3 Å². The first-order valence-corrected chi connectivity index (χ1v) is 5.38. The van der Waals surface area contributed by atoms with Crippen molar-refractivity contribution >= 4 is 11.5 Å². The molecule has 1 heterocycles. The van der Waals surface area contributed by atoms with Crippen molar-refractivity contribution in [3.05, 3.63) is 52.1 Å². The smallest absolute Gasteiger partial charge is 0.278 e. The third kappa shape index (κ3) is 3.17. The SMILES string of the molecule is Nc1cc([N+](=O)[O-])cc(Oc2ccc(CO)cc2)n1. The van der Waals surface area contributed by atoms with Crippen LogP contribution in [0.4, 0.5) is 11.5 Å². The average molecular weight is 261 g/mol. The van der Waals surface area contributed by atoms with E-state index in [4.69, 9.17) is 15.6 Å². The van der Waals surface area contributed by atoms with Gasteiger partial charge in [0.25, 0.3) is 5.69 Å². The van der Waals surface area contributed by atoms with Gasteiger partial charge in [0, 0.05) is 0 Å². The third-order valence-corrected chi connectivity index (χ3v) is 2.35.